The van der Waals surface area contributed by atoms with Crippen LogP contribution in [0.25, 0.3) is 0 Å². The van der Waals surface area contributed by atoms with Gasteiger partial charge < -0.3 is 4.43 Å². The van der Waals surface area contributed by atoms with Gasteiger partial charge >= 0.3 is 0 Å². The SMILES string of the molecule is CC(C)(C)[Si](C)(C)OC(c1ccccc1)c1ccnc(Cl)c1. The highest BCUT2D eigenvalue weighted by molar-refractivity contribution is 6.74. The molecule has 0 aliphatic heterocycles. The molecule has 4 heteroatoms. The Labute approximate surface area is 139 Å². The molecule has 1 aromatic heterocycles. The van der Waals surface area contributed by atoms with Crippen LogP contribution in [0.1, 0.15) is 38.0 Å². The predicted octanol–water partition coefficient (Wildman–Crippen LogP) is 5.85. The second-order valence-corrected chi connectivity index (χ2v) is 12.2. The van der Waals surface area contributed by atoms with Crippen molar-refractivity contribution >= 4 is 19.9 Å². The van der Waals surface area contributed by atoms with E-state index in [1.165, 1.54) is 0 Å². The summed E-state index contributed by atoms with van der Waals surface area (Å²) in [5.74, 6) is 0. The van der Waals surface area contributed by atoms with Crippen LogP contribution in [0.5, 0.6) is 0 Å². The third-order valence-electron chi connectivity index (χ3n) is 4.37. The zero-order valence-electron chi connectivity index (χ0n) is 13.9. The lowest BCUT2D eigenvalue weighted by Gasteiger charge is -2.39. The molecule has 2 rings (SSSR count). The number of hydrogen-bond donors (Lipinski definition) is 0. The zero-order chi connectivity index (χ0) is 16.4. The summed E-state index contributed by atoms with van der Waals surface area (Å²) in [4.78, 5) is 4.08. The molecule has 1 atom stereocenters. The van der Waals surface area contributed by atoms with Crippen LogP contribution in [0.4, 0.5) is 0 Å². The van der Waals surface area contributed by atoms with Crippen molar-refractivity contribution in [2.75, 3.05) is 0 Å². The van der Waals surface area contributed by atoms with Crippen LogP contribution in [0, 0.1) is 0 Å². The molecule has 0 spiro atoms. The van der Waals surface area contributed by atoms with Crippen molar-refractivity contribution < 1.29 is 4.43 Å². The molecule has 1 aromatic carbocycles. The molecule has 0 bridgehead atoms. The van der Waals surface area contributed by atoms with Gasteiger partial charge in [-0.1, -0.05) is 62.7 Å². The van der Waals surface area contributed by atoms with Crippen LogP contribution >= 0.6 is 11.6 Å². The third-order valence-corrected chi connectivity index (χ3v) is 9.02. The molecule has 0 aliphatic rings. The van der Waals surface area contributed by atoms with Crippen LogP contribution in [0.3, 0.4) is 0 Å². The van der Waals surface area contributed by atoms with Crippen LogP contribution in [-0.2, 0) is 4.43 Å². The number of nitrogens with zero attached hydrogens (tertiary/aromatic N) is 1. The number of benzene rings is 1. The average molecular weight is 334 g/mol. The lowest BCUT2D eigenvalue weighted by molar-refractivity contribution is 0.222. The highest BCUT2D eigenvalue weighted by Crippen LogP contribution is 2.41. The van der Waals surface area contributed by atoms with E-state index < -0.39 is 8.32 Å². The number of rotatable bonds is 4. The van der Waals surface area contributed by atoms with Crippen LogP contribution in [-0.4, -0.2) is 13.3 Å². The molecule has 0 fully saturated rings. The summed E-state index contributed by atoms with van der Waals surface area (Å²) in [5, 5.41) is 0.647. The van der Waals surface area contributed by atoms with Crippen molar-refractivity contribution in [3.63, 3.8) is 0 Å². The van der Waals surface area contributed by atoms with Crippen LogP contribution < -0.4 is 0 Å². The van der Waals surface area contributed by atoms with E-state index in [4.69, 9.17) is 16.0 Å². The topological polar surface area (TPSA) is 22.1 Å². The Hall–Kier alpha value is -1.16. The van der Waals surface area contributed by atoms with E-state index in [1.807, 2.05) is 30.3 Å². The fourth-order valence-corrected chi connectivity index (χ4v) is 3.41. The lowest BCUT2D eigenvalue weighted by Crippen LogP contribution is -2.42. The second kappa shape index (κ2) is 6.53. The van der Waals surface area contributed by atoms with E-state index in [2.05, 4.69) is 51.0 Å². The van der Waals surface area contributed by atoms with Crippen molar-refractivity contribution in [1.29, 1.82) is 0 Å². The van der Waals surface area contributed by atoms with Gasteiger partial charge in [-0.05, 0) is 41.4 Å². The highest BCUT2D eigenvalue weighted by atomic mass is 35.5. The molecule has 118 valence electrons. The van der Waals surface area contributed by atoms with Gasteiger partial charge in [0.1, 0.15) is 5.15 Å². The Kier molecular flexibility index (Phi) is 5.10. The zero-order valence-corrected chi connectivity index (χ0v) is 15.7. The van der Waals surface area contributed by atoms with Crippen LogP contribution in [0.15, 0.2) is 48.7 Å². The normalized spacial score (nSPS) is 13.9. The van der Waals surface area contributed by atoms with Gasteiger partial charge in [0.15, 0.2) is 8.32 Å². The summed E-state index contributed by atoms with van der Waals surface area (Å²) in [6, 6.07) is 14.2. The molecule has 0 amide bonds. The standard InChI is InChI=1S/C18H24ClNOSi/c1-18(2,3)22(4,5)21-17(14-9-7-6-8-10-14)15-11-12-20-16(19)13-15/h6-13,17H,1-5H3. The molecule has 0 saturated heterocycles. The Balaban J connectivity index is 2.44. The van der Waals surface area contributed by atoms with Crippen molar-refractivity contribution in [2.24, 2.45) is 0 Å². The predicted molar refractivity (Wildman–Crippen MR) is 95.8 cm³/mol. The molecule has 1 unspecified atom stereocenters. The first kappa shape index (κ1) is 17.2. The molecule has 22 heavy (non-hydrogen) atoms. The minimum Gasteiger partial charge on any atom is -0.406 e. The molecule has 0 saturated carbocycles. The van der Waals surface area contributed by atoms with E-state index in [0.717, 1.165) is 11.1 Å². The van der Waals surface area contributed by atoms with Gasteiger partial charge in [-0.3, -0.25) is 0 Å². The summed E-state index contributed by atoms with van der Waals surface area (Å²) in [6.07, 6.45) is 1.63. The quantitative estimate of drug-likeness (QED) is 0.517. The highest BCUT2D eigenvalue weighted by Gasteiger charge is 2.39. The molecule has 0 N–H and O–H groups in total. The van der Waals surface area contributed by atoms with Gasteiger partial charge in [-0.25, -0.2) is 4.98 Å². The second-order valence-electron chi connectivity index (χ2n) is 7.08. The van der Waals surface area contributed by atoms with Crippen LogP contribution in [0.2, 0.25) is 23.3 Å². The molecule has 1 heterocycles. The van der Waals surface area contributed by atoms with E-state index in [9.17, 15) is 0 Å². The summed E-state index contributed by atoms with van der Waals surface area (Å²) in [6.45, 7) is 11.3. The fourth-order valence-electron chi connectivity index (χ4n) is 2.01. The Morgan fingerprint density at radius 2 is 1.68 bits per heavy atom. The van der Waals surface area contributed by atoms with Gasteiger partial charge in [0.25, 0.3) is 0 Å². The lowest BCUT2D eigenvalue weighted by atomic mass is 10.0. The van der Waals surface area contributed by atoms with E-state index in [0.29, 0.717) is 5.15 Å². The van der Waals surface area contributed by atoms with E-state index >= 15 is 0 Å². The van der Waals surface area contributed by atoms with Crippen molar-refractivity contribution in [3.05, 3.63) is 64.9 Å². The maximum Gasteiger partial charge on any atom is 0.193 e. The Morgan fingerprint density at radius 3 is 2.23 bits per heavy atom. The summed E-state index contributed by atoms with van der Waals surface area (Å²) >= 11 is 6.08. The van der Waals surface area contributed by atoms with Gasteiger partial charge in [0.2, 0.25) is 0 Å². The number of pyridine rings is 1. The Bertz CT molecular complexity index is 622. The first-order valence-electron chi connectivity index (χ1n) is 7.55. The van der Waals surface area contributed by atoms with E-state index in [1.54, 1.807) is 6.20 Å². The molecular weight excluding hydrogens is 310 g/mol. The van der Waals surface area contributed by atoms with Crippen molar-refractivity contribution in [3.8, 4) is 0 Å². The first-order chi connectivity index (χ1) is 10.2. The summed E-state index contributed by atoms with van der Waals surface area (Å²) in [5.41, 5.74) is 2.20. The minimum absolute atomic E-state index is 0.109. The number of halogens is 1. The fraction of sp³-hybridized carbons (Fsp3) is 0.389. The average Bonchev–Trinajstić information content (AvgIpc) is 2.44. The summed E-state index contributed by atoms with van der Waals surface area (Å²) in [7, 11) is -1.91. The monoisotopic (exact) mass is 333 g/mol. The van der Waals surface area contributed by atoms with E-state index in [-0.39, 0.29) is 11.1 Å². The summed E-state index contributed by atoms with van der Waals surface area (Å²) < 4.78 is 6.68. The molecular formula is C18H24ClNOSi. The first-order valence-corrected chi connectivity index (χ1v) is 10.8. The Morgan fingerprint density at radius 1 is 1.05 bits per heavy atom. The minimum atomic E-state index is -1.91. The maximum atomic E-state index is 6.68. The van der Waals surface area contributed by atoms with Crippen molar-refractivity contribution in [1.82, 2.24) is 4.98 Å². The molecule has 0 aliphatic carbocycles. The maximum absolute atomic E-state index is 6.68. The molecule has 2 nitrogen and oxygen atoms in total. The van der Waals surface area contributed by atoms with Gasteiger partial charge in [-0.15, -0.1) is 0 Å². The van der Waals surface area contributed by atoms with Gasteiger partial charge in [0, 0.05) is 6.20 Å². The smallest absolute Gasteiger partial charge is 0.193 e. The van der Waals surface area contributed by atoms with Crippen molar-refractivity contribution in [2.45, 2.75) is 45.0 Å². The molecule has 0 radical (unpaired) electrons. The number of hydrogen-bond acceptors (Lipinski definition) is 2. The number of aromatic nitrogens is 1. The van der Waals surface area contributed by atoms with Gasteiger partial charge in [0.05, 0.1) is 6.10 Å². The molecule has 2 aromatic rings. The largest absolute Gasteiger partial charge is 0.406 e. The third kappa shape index (κ3) is 3.97. The van der Waals surface area contributed by atoms with Gasteiger partial charge in [-0.2, -0.15) is 0 Å².